The van der Waals surface area contributed by atoms with Gasteiger partial charge in [-0.3, -0.25) is 9.36 Å². The number of anilines is 1. The van der Waals surface area contributed by atoms with Crippen LogP contribution >= 0.6 is 11.8 Å². The lowest BCUT2D eigenvalue weighted by Crippen LogP contribution is -2.15. The number of hydrogen-bond donors (Lipinski definition) is 1. The Morgan fingerprint density at radius 1 is 1.27 bits per heavy atom. The van der Waals surface area contributed by atoms with E-state index in [9.17, 15) is 13.6 Å². The van der Waals surface area contributed by atoms with Crippen LogP contribution in [0.4, 0.5) is 14.6 Å². The van der Waals surface area contributed by atoms with Crippen molar-refractivity contribution in [2.75, 3.05) is 11.5 Å². The first-order valence-electron chi connectivity index (χ1n) is 8.10. The van der Waals surface area contributed by atoms with Crippen LogP contribution in [-0.4, -0.2) is 31.2 Å². The summed E-state index contributed by atoms with van der Waals surface area (Å²) >= 11 is 1.43. The summed E-state index contributed by atoms with van der Waals surface area (Å²) in [4.78, 5) is 25.1. The first kappa shape index (κ1) is 18.2. The van der Waals surface area contributed by atoms with Crippen molar-refractivity contribution in [1.82, 2.24) is 19.5 Å². The highest BCUT2D eigenvalue weighted by Crippen LogP contribution is 2.23. The normalized spacial score (nSPS) is 11.2. The molecule has 2 aromatic heterocycles. The smallest absolute Gasteiger partial charge is 0.238 e. The largest absolute Gasteiger partial charge is 0.382 e. The lowest BCUT2D eigenvalue weighted by Gasteiger charge is -2.06. The predicted molar refractivity (Wildman–Crippen MR) is 96.1 cm³/mol. The van der Waals surface area contributed by atoms with Crippen LogP contribution in [0.25, 0.3) is 11.2 Å². The van der Waals surface area contributed by atoms with Gasteiger partial charge in [0.05, 0.1) is 6.42 Å². The minimum atomic E-state index is -0.771. The van der Waals surface area contributed by atoms with Crippen molar-refractivity contribution >= 4 is 34.7 Å². The second-order valence-corrected chi connectivity index (χ2v) is 6.71. The Hall–Kier alpha value is -2.55. The third kappa shape index (κ3) is 3.67. The Balaban J connectivity index is 1.93. The van der Waals surface area contributed by atoms with Gasteiger partial charge in [0, 0.05) is 11.3 Å². The summed E-state index contributed by atoms with van der Waals surface area (Å²) < 4.78 is 28.8. The molecule has 0 fully saturated rings. The number of unbranched alkanes of at least 4 members (excludes halogenated alkanes) is 1. The molecule has 3 rings (SSSR count). The number of benzene rings is 1. The summed E-state index contributed by atoms with van der Waals surface area (Å²) in [7, 11) is 0. The molecule has 3 aromatic rings. The van der Waals surface area contributed by atoms with E-state index in [-0.39, 0.29) is 22.5 Å². The third-order valence-corrected chi connectivity index (χ3v) is 4.72. The number of thioether (sulfide) groups is 1. The first-order valence-corrected chi connectivity index (χ1v) is 9.09. The molecular formula is C17H17F2N5OS. The Labute approximate surface area is 152 Å². The maximum atomic E-state index is 13.8. The van der Waals surface area contributed by atoms with Gasteiger partial charge in [-0.05, 0) is 18.6 Å². The molecular weight excluding hydrogens is 360 g/mol. The SMILES string of the molecule is CCCCSc1nc(N)c2ncn(C(=O)Cc3c(F)cccc3F)c2n1. The van der Waals surface area contributed by atoms with Gasteiger partial charge in [-0.15, -0.1) is 0 Å². The average molecular weight is 377 g/mol. The maximum Gasteiger partial charge on any atom is 0.238 e. The van der Waals surface area contributed by atoms with Gasteiger partial charge in [-0.1, -0.05) is 31.2 Å². The van der Waals surface area contributed by atoms with Crippen LogP contribution in [0.5, 0.6) is 0 Å². The third-order valence-electron chi connectivity index (χ3n) is 3.79. The molecule has 2 heterocycles. The van der Waals surface area contributed by atoms with Crippen LogP contribution in [0.15, 0.2) is 29.7 Å². The van der Waals surface area contributed by atoms with Crippen molar-refractivity contribution < 1.29 is 13.6 Å². The number of hydrogen-bond acceptors (Lipinski definition) is 6. The van der Waals surface area contributed by atoms with E-state index < -0.39 is 24.0 Å². The summed E-state index contributed by atoms with van der Waals surface area (Å²) in [6.45, 7) is 2.08. The number of aromatic nitrogens is 4. The van der Waals surface area contributed by atoms with Gasteiger partial charge in [0.25, 0.3) is 0 Å². The summed E-state index contributed by atoms with van der Waals surface area (Å²) in [5, 5.41) is 0.440. The number of rotatable bonds is 6. The Bertz CT molecular complexity index is 939. The van der Waals surface area contributed by atoms with Crippen LogP contribution in [0.2, 0.25) is 0 Å². The molecule has 0 saturated carbocycles. The molecule has 26 heavy (non-hydrogen) atoms. The molecule has 0 unspecified atom stereocenters. The Morgan fingerprint density at radius 2 is 2.00 bits per heavy atom. The van der Waals surface area contributed by atoms with Crippen LogP contribution in [0.3, 0.4) is 0 Å². The van der Waals surface area contributed by atoms with E-state index in [1.54, 1.807) is 0 Å². The minimum absolute atomic E-state index is 0.164. The molecule has 0 spiro atoms. The molecule has 0 atom stereocenters. The van der Waals surface area contributed by atoms with Crippen molar-refractivity contribution in [2.24, 2.45) is 0 Å². The quantitative estimate of drug-likeness (QED) is 0.402. The van der Waals surface area contributed by atoms with Crippen molar-refractivity contribution in [3.8, 4) is 0 Å². The fourth-order valence-electron chi connectivity index (χ4n) is 2.39. The molecule has 9 heteroatoms. The summed E-state index contributed by atoms with van der Waals surface area (Å²) in [5.74, 6) is -1.11. The Kier molecular flexibility index (Phi) is 5.46. The summed E-state index contributed by atoms with van der Waals surface area (Å²) in [6.07, 6.45) is 2.83. The highest BCUT2D eigenvalue weighted by atomic mass is 32.2. The monoisotopic (exact) mass is 377 g/mol. The number of nitrogens with two attached hydrogens (primary N) is 1. The average Bonchev–Trinajstić information content (AvgIpc) is 3.03. The predicted octanol–water partition coefficient (Wildman–Crippen LogP) is 3.46. The van der Waals surface area contributed by atoms with Crippen LogP contribution in [-0.2, 0) is 6.42 Å². The van der Waals surface area contributed by atoms with Gasteiger partial charge in [0.2, 0.25) is 5.91 Å². The number of fused-ring (bicyclic) bond motifs is 1. The molecule has 0 aliphatic rings. The number of nitrogens with zero attached hydrogens (tertiary/aromatic N) is 4. The fraction of sp³-hybridized carbons (Fsp3) is 0.294. The number of halogens is 2. The highest BCUT2D eigenvalue weighted by molar-refractivity contribution is 7.99. The van der Waals surface area contributed by atoms with Gasteiger partial charge in [-0.2, -0.15) is 0 Å². The first-order chi connectivity index (χ1) is 12.5. The van der Waals surface area contributed by atoms with Crippen molar-refractivity contribution in [2.45, 2.75) is 31.3 Å². The van der Waals surface area contributed by atoms with E-state index >= 15 is 0 Å². The number of imidazole rings is 1. The second kappa shape index (κ2) is 7.77. The zero-order valence-corrected chi connectivity index (χ0v) is 14.9. The zero-order valence-electron chi connectivity index (χ0n) is 14.1. The molecule has 0 radical (unpaired) electrons. The minimum Gasteiger partial charge on any atom is -0.382 e. The molecule has 2 N–H and O–H groups in total. The standard InChI is InChI=1S/C17H17F2N5OS/c1-2-3-7-26-17-22-15(20)14-16(23-17)24(9-21-14)13(25)8-10-11(18)5-4-6-12(10)19/h4-6,9H,2-3,7-8H2,1H3,(H2,20,22,23). The highest BCUT2D eigenvalue weighted by Gasteiger charge is 2.19. The molecule has 136 valence electrons. The van der Waals surface area contributed by atoms with E-state index in [1.165, 1.54) is 24.2 Å². The molecule has 0 aliphatic heterocycles. The summed E-state index contributed by atoms with van der Waals surface area (Å²) in [5.41, 5.74) is 6.13. The van der Waals surface area contributed by atoms with Gasteiger partial charge in [-0.25, -0.2) is 23.7 Å². The topological polar surface area (TPSA) is 86.7 Å². The van der Waals surface area contributed by atoms with Crippen LogP contribution in [0.1, 0.15) is 30.1 Å². The lowest BCUT2D eigenvalue weighted by molar-refractivity contribution is 0.0915. The molecule has 0 saturated heterocycles. The van der Waals surface area contributed by atoms with Crippen molar-refractivity contribution in [1.29, 1.82) is 0 Å². The molecule has 0 aliphatic carbocycles. The van der Waals surface area contributed by atoms with E-state index in [0.717, 1.165) is 35.3 Å². The van der Waals surface area contributed by atoms with Gasteiger partial charge in [0.1, 0.15) is 18.0 Å². The van der Waals surface area contributed by atoms with Gasteiger partial charge in [0.15, 0.2) is 22.1 Å². The Morgan fingerprint density at radius 3 is 2.69 bits per heavy atom. The molecule has 6 nitrogen and oxygen atoms in total. The van der Waals surface area contributed by atoms with Crippen molar-refractivity contribution in [3.05, 3.63) is 41.7 Å². The molecule has 0 bridgehead atoms. The second-order valence-electron chi connectivity index (χ2n) is 5.65. The van der Waals surface area contributed by atoms with Crippen LogP contribution in [0, 0.1) is 11.6 Å². The van der Waals surface area contributed by atoms with E-state index in [2.05, 4.69) is 21.9 Å². The fourth-order valence-corrected chi connectivity index (χ4v) is 3.32. The van der Waals surface area contributed by atoms with E-state index in [4.69, 9.17) is 5.73 Å². The van der Waals surface area contributed by atoms with Crippen molar-refractivity contribution in [3.63, 3.8) is 0 Å². The number of nitrogen functional groups attached to an aromatic ring is 1. The molecule has 1 aromatic carbocycles. The summed E-state index contributed by atoms with van der Waals surface area (Å²) in [6, 6.07) is 3.47. The maximum absolute atomic E-state index is 13.8. The molecule has 0 amide bonds. The van der Waals surface area contributed by atoms with E-state index in [0.29, 0.717) is 5.16 Å². The zero-order chi connectivity index (χ0) is 18.7. The van der Waals surface area contributed by atoms with Gasteiger partial charge < -0.3 is 5.73 Å². The number of carbonyl (C=O) groups is 1. The van der Waals surface area contributed by atoms with Gasteiger partial charge >= 0.3 is 0 Å². The number of carbonyl (C=O) groups excluding carboxylic acids is 1. The lowest BCUT2D eigenvalue weighted by atomic mass is 10.1. The van der Waals surface area contributed by atoms with Crippen LogP contribution < -0.4 is 5.73 Å². The van der Waals surface area contributed by atoms with E-state index in [1.807, 2.05) is 0 Å².